The van der Waals surface area contributed by atoms with Crippen LogP contribution < -0.4 is 10.6 Å². The molecule has 2 aromatic rings. The first kappa shape index (κ1) is 17.0. The lowest BCUT2D eigenvalue weighted by molar-refractivity contribution is 0.600. The molecule has 0 fully saturated rings. The minimum absolute atomic E-state index is 0.716. The predicted octanol–water partition coefficient (Wildman–Crippen LogP) is 2.36. The SMILES string of the molecule is CCNC(=NCc1cccs1)NCCc1nnc2n1CCCCC2. The fourth-order valence-corrected chi connectivity index (χ4v) is 3.55. The van der Waals surface area contributed by atoms with Gasteiger partial charge in [-0.2, -0.15) is 0 Å². The summed E-state index contributed by atoms with van der Waals surface area (Å²) >= 11 is 1.74. The van der Waals surface area contributed by atoms with Crippen molar-refractivity contribution < 1.29 is 0 Å². The van der Waals surface area contributed by atoms with Crippen molar-refractivity contribution in [2.45, 2.75) is 52.1 Å². The van der Waals surface area contributed by atoms with E-state index >= 15 is 0 Å². The van der Waals surface area contributed by atoms with Gasteiger partial charge in [-0.1, -0.05) is 12.5 Å². The van der Waals surface area contributed by atoms with Gasteiger partial charge in [-0.05, 0) is 31.2 Å². The summed E-state index contributed by atoms with van der Waals surface area (Å²) in [5, 5.41) is 17.5. The fourth-order valence-electron chi connectivity index (χ4n) is 2.92. The third-order valence-electron chi connectivity index (χ3n) is 4.14. The molecular formula is C17H26N6S. The molecule has 130 valence electrons. The highest BCUT2D eigenvalue weighted by Crippen LogP contribution is 2.14. The average Bonchev–Trinajstić information content (AvgIpc) is 3.18. The summed E-state index contributed by atoms with van der Waals surface area (Å²) in [7, 11) is 0. The number of fused-ring (bicyclic) bond motifs is 1. The predicted molar refractivity (Wildman–Crippen MR) is 98.4 cm³/mol. The molecule has 0 bridgehead atoms. The third-order valence-corrected chi connectivity index (χ3v) is 5.01. The molecule has 3 rings (SSSR count). The van der Waals surface area contributed by atoms with Gasteiger partial charge in [-0.25, -0.2) is 4.99 Å². The van der Waals surface area contributed by atoms with Crippen LogP contribution in [0.2, 0.25) is 0 Å². The molecule has 0 spiro atoms. The Morgan fingerprint density at radius 2 is 2.25 bits per heavy atom. The van der Waals surface area contributed by atoms with E-state index < -0.39 is 0 Å². The molecule has 1 aliphatic heterocycles. The molecule has 7 heteroatoms. The van der Waals surface area contributed by atoms with Crippen LogP contribution in [0.25, 0.3) is 0 Å². The normalized spacial score (nSPS) is 15.0. The average molecular weight is 347 g/mol. The highest BCUT2D eigenvalue weighted by molar-refractivity contribution is 7.09. The second kappa shape index (κ2) is 8.82. The first-order valence-electron chi connectivity index (χ1n) is 8.82. The van der Waals surface area contributed by atoms with Gasteiger partial charge in [0.25, 0.3) is 0 Å². The van der Waals surface area contributed by atoms with Crippen LogP contribution in [0.1, 0.15) is 42.7 Å². The van der Waals surface area contributed by atoms with Gasteiger partial charge < -0.3 is 15.2 Å². The molecule has 0 aromatic carbocycles. The third kappa shape index (κ3) is 4.56. The Bertz CT molecular complexity index is 646. The number of thiophene rings is 1. The molecule has 0 atom stereocenters. The molecule has 0 saturated carbocycles. The van der Waals surface area contributed by atoms with Crippen molar-refractivity contribution in [2.24, 2.45) is 4.99 Å². The molecule has 0 aliphatic carbocycles. The van der Waals surface area contributed by atoms with E-state index in [4.69, 9.17) is 0 Å². The molecule has 3 heterocycles. The number of rotatable bonds is 6. The quantitative estimate of drug-likeness (QED) is 0.622. The van der Waals surface area contributed by atoms with Gasteiger partial charge in [0.15, 0.2) is 5.96 Å². The van der Waals surface area contributed by atoms with E-state index in [1.807, 2.05) is 0 Å². The first-order valence-corrected chi connectivity index (χ1v) is 9.70. The smallest absolute Gasteiger partial charge is 0.191 e. The zero-order valence-electron chi connectivity index (χ0n) is 14.3. The summed E-state index contributed by atoms with van der Waals surface area (Å²) in [6.45, 7) is 5.53. The molecule has 0 amide bonds. The van der Waals surface area contributed by atoms with E-state index in [0.29, 0.717) is 6.54 Å². The molecule has 2 N–H and O–H groups in total. The molecule has 1 aliphatic rings. The number of nitrogens with zero attached hydrogens (tertiary/aromatic N) is 4. The number of hydrogen-bond donors (Lipinski definition) is 2. The number of aromatic nitrogens is 3. The summed E-state index contributed by atoms with van der Waals surface area (Å²) in [6, 6.07) is 4.18. The molecular weight excluding hydrogens is 320 g/mol. The number of nitrogens with one attached hydrogen (secondary N) is 2. The van der Waals surface area contributed by atoms with Crippen LogP contribution in [0.4, 0.5) is 0 Å². The van der Waals surface area contributed by atoms with Crippen molar-refractivity contribution in [3.8, 4) is 0 Å². The van der Waals surface area contributed by atoms with Crippen LogP contribution in [0, 0.1) is 0 Å². The maximum Gasteiger partial charge on any atom is 0.191 e. The van der Waals surface area contributed by atoms with E-state index in [9.17, 15) is 0 Å². The van der Waals surface area contributed by atoms with Crippen molar-refractivity contribution >= 4 is 17.3 Å². The molecule has 0 radical (unpaired) electrons. The van der Waals surface area contributed by atoms with Gasteiger partial charge >= 0.3 is 0 Å². The maximum atomic E-state index is 4.64. The first-order chi connectivity index (χ1) is 11.9. The largest absolute Gasteiger partial charge is 0.357 e. The van der Waals surface area contributed by atoms with Crippen molar-refractivity contribution in [1.82, 2.24) is 25.4 Å². The lowest BCUT2D eigenvalue weighted by atomic mass is 10.2. The van der Waals surface area contributed by atoms with E-state index in [1.165, 1.54) is 24.1 Å². The van der Waals surface area contributed by atoms with Crippen LogP contribution in [-0.4, -0.2) is 33.8 Å². The minimum atomic E-state index is 0.716. The van der Waals surface area contributed by atoms with E-state index in [1.54, 1.807) is 11.3 Å². The van der Waals surface area contributed by atoms with Crippen LogP contribution in [-0.2, 0) is 25.9 Å². The highest BCUT2D eigenvalue weighted by Gasteiger charge is 2.14. The zero-order valence-corrected chi connectivity index (χ0v) is 15.1. The van der Waals surface area contributed by atoms with Crippen molar-refractivity contribution in [2.75, 3.05) is 13.1 Å². The zero-order chi connectivity index (χ0) is 16.6. The molecule has 2 aromatic heterocycles. The van der Waals surface area contributed by atoms with Crippen LogP contribution >= 0.6 is 11.3 Å². The Kier molecular flexibility index (Phi) is 6.23. The summed E-state index contributed by atoms with van der Waals surface area (Å²) in [5.41, 5.74) is 0. The van der Waals surface area contributed by atoms with Crippen molar-refractivity contribution in [3.63, 3.8) is 0 Å². The van der Waals surface area contributed by atoms with E-state index in [-0.39, 0.29) is 0 Å². The van der Waals surface area contributed by atoms with Crippen molar-refractivity contribution in [3.05, 3.63) is 34.0 Å². The Morgan fingerprint density at radius 1 is 1.29 bits per heavy atom. The van der Waals surface area contributed by atoms with Gasteiger partial charge in [0, 0.05) is 37.4 Å². The van der Waals surface area contributed by atoms with Gasteiger partial charge in [0.05, 0.1) is 6.54 Å². The lowest BCUT2D eigenvalue weighted by Gasteiger charge is -2.11. The molecule has 0 unspecified atom stereocenters. The Labute approximate surface area is 147 Å². The standard InChI is InChI=1S/C17H26N6S/c1-2-18-17(20-13-14-7-6-12-24-14)19-10-9-16-22-21-15-8-4-3-5-11-23(15)16/h6-7,12H,2-5,8-11,13H2,1H3,(H2,18,19,20). The van der Waals surface area contributed by atoms with Crippen LogP contribution in [0.3, 0.4) is 0 Å². The minimum Gasteiger partial charge on any atom is -0.357 e. The van der Waals surface area contributed by atoms with E-state index in [2.05, 4.69) is 54.8 Å². The number of hydrogen-bond acceptors (Lipinski definition) is 4. The topological polar surface area (TPSA) is 67.1 Å². The van der Waals surface area contributed by atoms with E-state index in [0.717, 1.165) is 50.1 Å². The molecule has 0 saturated heterocycles. The van der Waals surface area contributed by atoms with Crippen molar-refractivity contribution in [1.29, 1.82) is 0 Å². The highest BCUT2D eigenvalue weighted by atomic mass is 32.1. The Morgan fingerprint density at radius 3 is 3.08 bits per heavy atom. The lowest BCUT2D eigenvalue weighted by Crippen LogP contribution is -2.38. The van der Waals surface area contributed by atoms with Gasteiger partial charge in [-0.3, -0.25) is 0 Å². The molecule has 6 nitrogen and oxygen atoms in total. The maximum absolute atomic E-state index is 4.64. The Balaban J connectivity index is 1.53. The summed E-state index contributed by atoms with van der Waals surface area (Å²) in [4.78, 5) is 5.91. The van der Waals surface area contributed by atoms with Gasteiger partial charge in [0.1, 0.15) is 11.6 Å². The summed E-state index contributed by atoms with van der Waals surface area (Å²) < 4.78 is 2.31. The van der Waals surface area contributed by atoms with Gasteiger partial charge in [-0.15, -0.1) is 21.5 Å². The number of aryl methyl sites for hydroxylation is 1. The number of guanidine groups is 1. The fraction of sp³-hybridized carbons (Fsp3) is 0.588. The van der Waals surface area contributed by atoms with Gasteiger partial charge in [0.2, 0.25) is 0 Å². The van der Waals surface area contributed by atoms with Crippen LogP contribution in [0.5, 0.6) is 0 Å². The monoisotopic (exact) mass is 346 g/mol. The summed E-state index contributed by atoms with van der Waals surface area (Å²) in [5.74, 6) is 3.11. The number of aliphatic imine (C=N–C) groups is 1. The van der Waals surface area contributed by atoms with Crippen LogP contribution in [0.15, 0.2) is 22.5 Å². The second-order valence-corrected chi connectivity index (χ2v) is 6.98. The molecule has 24 heavy (non-hydrogen) atoms. The Hall–Kier alpha value is -1.89. The second-order valence-electron chi connectivity index (χ2n) is 5.95. The summed E-state index contributed by atoms with van der Waals surface area (Å²) in [6.07, 6.45) is 5.69.